The lowest BCUT2D eigenvalue weighted by Gasteiger charge is -2.06. The number of nitrogens with one attached hydrogen (secondary N) is 1. The molecule has 8 heteroatoms. The number of pyridine rings is 1. The number of aromatic amines is 1. The van der Waals surface area contributed by atoms with Crippen LogP contribution in [0.4, 0.5) is 0 Å². The van der Waals surface area contributed by atoms with Crippen LogP contribution in [0.2, 0.25) is 5.02 Å². The summed E-state index contributed by atoms with van der Waals surface area (Å²) in [5.74, 6) is -0.449. The van der Waals surface area contributed by atoms with Gasteiger partial charge in [0, 0.05) is 36.4 Å². The summed E-state index contributed by atoms with van der Waals surface area (Å²) < 4.78 is 0. The molecule has 0 aliphatic heterocycles. The van der Waals surface area contributed by atoms with Crippen molar-refractivity contribution in [2.45, 2.75) is 6.42 Å². The molecule has 2 heterocycles. The van der Waals surface area contributed by atoms with Gasteiger partial charge < -0.3 is 20.1 Å². The van der Waals surface area contributed by atoms with Crippen molar-refractivity contribution in [3.05, 3.63) is 52.9 Å². The van der Waals surface area contributed by atoms with E-state index < -0.39 is 5.97 Å². The molecule has 0 amide bonds. The summed E-state index contributed by atoms with van der Waals surface area (Å²) in [6, 6.07) is 8.05. The number of benzene rings is 1. The van der Waals surface area contributed by atoms with E-state index in [-0.39, 0.29) is 16.5 Å². The Labute approximate surface area is 161 Å². The largest absolute Gasteiger partial charge is 0.493 e. The molecule has 0 aliphatic rings. The Hall–Kier alpha value is -2.90. The Morgan fingerprint density at radius 2 is 2.00 bits per heavy atom. The van der Waals surface area contributed by atoms with Crippen LogP contribution in [-0.2, 0) is 6.42 Å². The van der Waals surface area contributed by atoms with Crippen molar-refractivity contribution in [3.8, 4) is 28.4 Å². The zero-order valence-electron chi connectivity index (χ0n) is 14.9. The van der Waals surface area contributed by atoms with Gasteiger partial charge in [0.1, 0.15) is 5.82 Å². The van der Waals surface area contributed by atoms with Crippen LogP contribution in [0, 0.1) is 0 Å². The summed E-state index contributed by atoms with van der Waals surface area (Å²) >= 11 is 5.99. The molecule has 0 saturated heterocycles. The highest BCUT2D eigenvalue weighted by molar-refractivity contribution is 6.33. The van der Waals surface area contributed by atoms with Gasteiger partial charge in [0.05, 0.1) is 22.0 Å². The van der Waals surface area contributed by atoms with Crippen LogP contribution in [0.3, 0.4) is 0 Å². The molecule has 27 heavy (non-hydrogen) atoms. The van der Waals surface area contributed by atoms with Crippen LogP contribution in [0.15, 0.2) is 36.5 Å². The molecule has 0 saturated carbocycles. The van der Waals surface area contributed by atoms with E-state index in [4.69, 9.17) is 11.6 Å². The maximum Gasteiger partial charge on any atom is 0.337 e. The first-order chi connectivity index (χ1) is 12.8. The Kier molecular flexibility index (Phi) is 5.43. The Bertz CT molecular complexity index is 985. The fraction of sp³-hybridized carbons (Fsp3) is 0.211. The number of hydrogen-bond acceptors (Lipinski definition) is 5. The molecular weight excluding hydrogens is 368 g/mol. The highest BCUT2D eigenvalue weighted by Crippen LogP contribution is 2.33. The molecule has 140 valence electrons. The molecule has 3 N–H and O–H groups in total. The van der Waals surface area contributed by atoms with E-state index in [1.54, 1.807) is 18.2 Å². The second-order valence-corrected chi connectivity index (χ2v) is 6.77. The van der Waals surface area contributed by atoms with E-state index in [1.807, 2.05) is 19.0 Å². The maximum atomic E-state index is 11.4. The topological polar surface area (TPSA) is 102 Å². The lowest BCUT2D eigenvalue weighted by atomic mass is 10.0. The summed E-state index contributed by atoms with van der Waals surface area (Å²) in [4.78, 5) is 25.2. The minimum absolute atomic E-state index is 0.00975. The summed E-state index contributed by atoms with van der Waals surface area (Å²) in [6.45, 7) is 0.801. The van der Waals surface area contributed by atoms with E-state index in [2.05, 4.69) is 15.0 Å². The number of aromatic nitrogens is 3. The molecule has 0 aliphatic carbocycles. The second kappa shape index (κ2) is 7.77. The number of nitrogens with zero attached hydrogens (tertiary/aromatic N) is 3. The Morgan fingerprint density at radius 3 is 2.67 bits per heavy atom. The fourth-order valence-electron chi connectivity index (χ4n) is 2.70. The summed E-state index contributed by atoms with van der Waals surface area (Å²) in [5.41, 5.74) is 2.60. The lowest BCUT2D eigenvalue weighted by molar-refractivity contribution is 0.0697. The van der Waals surface area contributed by atoms with Gasteiger partial charge in [0.2, 0.25) is 5.88 Å². The van der Waals surface area contributed by atoms with Gasteiger partial charge in [-0.2, -0.15) is 0 Å². The highest BCUT2D eigenvalue weighted by atomic mass is 35.5. The van der Waals surface area contributed by atoms with Gasteiger partial charge in [0.15, 0.2) is 0 Å². The summed E-state index contributed by atoms with van der Waals surface area (Å²) in [6.07, 6.45) is 2.19. The van der Waals surface area contributed by atoms with Gasteiger partial charge in [-0.25, -0.2) is 14.8 Å². The monoisotopic (exact) mass is 386 g/mol. The molecule has 0 spiro atoms. The van der Waals surface area contributed by atoms with Gasteiger partial charge >= 0.3 is 5.97 Å². The number of carboxylic acids is 1. The van der Waals surface area contributed by atoms with Crippen molar-refractivity contribution in [2.24, 2.45) is 0 Å². The van der Waals surface area contributed by atoms with E-state index in [9.17, 15) is 15.0 Å². The summed E-state index contributed by atoms with van der Waals surface area (Å²) in [5, 5.41) is 19.2. The van der Waals surface area contributed by atoms with Gasteiger partial charge in [0.25, 0.3) is 0 Å². The quantitative estimate of drug-likeness (QED) is 0.600. The van der Waals surface area contributed by atoms with Crippen LogP contribution < -0.4 is 0 Å². The number of rotatable bonds is 6. The molecule has 2 aromatic heterocycles. The highest BCUT2D eigenvalue weighted by Gasteiger charge is 2.18. The molecular formula is C19H19ClN4O3. The van der Waals surface area contributed by atoms with Gasteiger partial charge in [-0.05, 0) is 32.3 Å². The van der Waals surface area contributed by atoms with Crippen molar-refractivity contribution in [2.75, 3.05) is 20.6 Å². The Balaban J connectivity index is 2.12. The van der Waals surface area contributed by atoms with Crippen molar-refractivity contribution in [3.63, 3.8) is 0 Å². The number of aromatic hydroxyl groups is 1. The third kappa shape index (κ3) is 4.27. The molecule has 3 aromatic rings. The standard InChI is InChI=1S/C19H19ClN4O3/c1-24(2)8-6-15-22-17(11-3-4-14(20)13(9-11)19(26)27)18(23-15)12-5-7-21-16(25)10-12/h3-5,7,9-10H,6,8H2,1-2H3,(H,21,25)(H,22,23)(H,26,27). The molecule has 0 unspecified atom stereocenters. The predicted octanol–water partition coefficient (Wildman–Crippen LogP) is 3.30. The number of H-pyrrole nitrogens is 1. The zero-order valence-corrected chi connectivity index (χ0v) is 15.7. The van der Waals surface area contributed by atoms with Gasteiger partial charge in [-0.3, -0.25) is 0 Å². The Morgan fingerprint density at radius 1 is 1.22 bits per heavy atom. The van der Waals surface area contributed by atoms with E-state index in [1.165, 1.54) is 18.3 Å². The van der Waals surface area contributed by atoms with Crippen LogP contribution >= 0.6 is 11.6 Å². The smallest absolute Gasteiger partial charge is 0.337 e. The van der Waals surface area contributed by atoms with E-state index >= 15 is 0 Å². The van der Waals surface area contributed by atoms with Gasteiger partial charge in [-0.15, -0.1) is 0 Å². The molecule has 0 bridgehead atoms. The fourth-order valence-corrected chi connectivity index (χ4v) is 2.90. The molecule has 3 rings (SSSR count). The van der Waals surface area contributed by atoms with Crippen LogP contribution in [-0.4, -0.2) is 56.7 Å². The van der Waals surface area contributed by atoms with Gasteiger partial charge in [-0.1, -0.05) is 17.7 Å². The van der Waals surface area contributed by atoms with Crippen molar-refractivity contribution < 1.29 is 15.0 Å². The van der Waals surface area contributed by atoms with Crippen LogP contribution in [0.1, 0.15) is 16.2 Å². The predicted molar refractivity (Wildman–Crippen MR) is 103 cm³/mol. The van der Waals surface area contributed by atoms with E-state index in [0.29, 0.717) is 28.9 Å². The SMILES string of the molecule is CN(C)CCc1nc(-c2ccc(Cl)c(C(=O)O)c2)c(-c2ccnc(O)c2)[nH]1. The number of halogens is 1. The first-order valence-electron chi connectivity index (χ1n) is 8.27. The number of carbonyl (C=O) groups is 1. The molecule has 0 atom stereocenters. The molecule has 7 nitrogen and oxygen atoms in total. The van der Waals surface area contributed by atoms with Crippen molar-refractivity contribution in [1.29, 1.82) is 0 Å². The lowest BCUT2D eigenvalue weighted by Crippen LogP contribution is -2.15. The molecule has 0 radical (unpaired) electrons. The first-order valence-corrected chi connectivity index (χ1v) is 8.65. The average molecular weight is 387 g/mol. The van der Waals surface area contributed by atoms with Crippen LogP contribution in [0.25, 0.3) is 22.5 Å². The number of carboxylic acid groups (broad SMARTS) is 1. The summed E-state index contributed by atoms with van der Waals surface area (Å²) in [7, 11) is 3.95. The van der Waals surface area contributed by atoms with E-state index in [0.717, 1.165) is 12.4 Å². The number of aromatic carboxylic acids is 1. The third-order valence-corrected chi connectivity index (χ3v) is 4.38. The number of imidazole rings is 1. The number of hydrogen-bond donors (Lipinski definition) is 3. The van der Waals surface area contributed by atoms with Crippen LogP contribution in [0.5, 0.6) is 5.88 Å². The van der Waals surface area contributed by atoms with Crippen molar-refractivity contribution >= 4 is 17.6 Å². The maximum absolute atomic E-state index is 11.4. The second-order valence-electron chi connectivity index (χ2n) is 6.36. The minimum atomic E-state index is -1.10. The third-order valence-electron chi connectivity index (χ3n) is 4.05. The first kappa shape index (κ1) is 18.9. The zero-order chi connectivity index (χ0) is 19.6. The normalized spacial score (nSPS) is 11.1. The molecule has 0 fully saturated rings. The molecule has 1 aromatic carbocycles. The minimum Gasteiger partial charge on any atom is -0.493 e. The number of likely N-dealkylation sites (N-methyl/N-ethyl adjacent to an activating group) is 1. The van der Waals surface area contributed by atoms with Crippen molar-refractivity contribution in [1.82, 2.24) is 19.9 Å². The average Bonchev–Trinajstić information content (AvgIpc) is 3.04.